The first-order chi connectivity index (χ1) is 7.72. The fraction of sp³-hybridized carbons (Fsp3) is 0.917. The molecule has 0 unspecified atom stereocenters. The largest absolute Gasteiger partial charge is 0.381 e. The minimum Gasteiger partial charge on any atom is -0.381 e. The minimum absolute atomic E-state index is 0.0380. The van der Waals surface area contributed by atoms with Crippen LogP contribution < -0.4 is 11.1 Å². The van der Waals surface area contributed by atoms with Crippen molar-refractivity contribution in [3.8, 4) is 0 Å². The predicted molar refractivity (Wildman–Crippen MR) is 66.2 cm³/mol. The van der Waals surface area contributed by atoms with Gasteiger partial charge in [-0.05, 0) is 19.3 Å². The maximum Gasteiger partial charge on any atom is 0.236 e. The van der Waals surface area contributed by atoms with Gasteiger partial charge in [0.2, 0.25) is 5.91 Å². The molecule has 4 nitrogen and oxygen atoms in total. The van der Waals surface area contributed by atoms with E-state index in [1.165, 1.54) is 0 Å². The topological polar surface area (TPSA) is 64.4 Å². The molecule has 0 aromatic heterocycles. The molecule has 0 aliphatic carbocycles. The van der Waals surface area contributed by atoms with Crippen LogP contribution in [0.1, 0.15) is 46.0 Å². The van der Waals surface area contributed by atoms with E-state index < -0.39 is 0 Å². The zero-order chi connectivity index (χ0) is 12.2. The lowest BCUT2D eigenvalue weighted by molar-refractivity contribution is -0.122. The Morgan fingerprint density at radius 3 is 2.62 bits per heavy atom. The van der Waals surface area contributed by atoms with Crippen molar-refractivity contribution in [3.63, 3.8) is 0 Å². The fourth-order valence-corrected chi connectivity index (χ4v) is 1.32. The molecule has 0 aliphatic heterocycles. The monoisotopic (exact) mass is 230 g/mol. The van der Waals surface area contributed by atoms with Crippen molar-refractivity contribution in [3.05, 3.63) is 0 Å². The average molecular weight is 230 g/mol. The quantitative estimate of drug-likeness (QED) is 0.558. The Balaban J connectivity index is 3.35. The number of hydrogen-bond donors (Lipinski definition) is 2. The maximum absolute atomic E-state index is 11.5. The van der Waals surface area contributed by atoms with Crippen LogP contribution >= 0.6 is 0 Å². The summed E-state index contributed by atoms with van der Waals surface area (Å²) in [6, 6.07) is -0.350. The first kappa shape index (κ1) is 15.4. The number of amides is 1. The van der Waals surface area contributed by atoms with E-state index in [1.807, 2.05) is 0 Å². The van der Waals surface area contributed by atoms with Crippen LogP contribution in [0.3, 0.4) is 0 Å². The van der Waals surface area contributed by atoms with Crippen molar-refractivity contribution >= 4 is 5.91 Å². The molecule has 1 amide bonds. The van der Waals surface area contributed by atoms with Crippen molar-refractivity contribution in [2.45, 2.75) is 52.0 Å². The van der Waals surface area contributed by atoms with E-state index in [0.717, 1.165) is 38.7 Å². The van der Waals surface area contributed by atoms with Crippen molar-refractivity contribution in [2.24, 2.45) is 5.73 Å². The van der Waals surface area contributed by atoms with Crippen molar-refractivity contribution in [1.82, 2.24) is 5.32 Å². The van der Waals surface area contributed by atoms with Gasteiger partial charge in [-0.2, -0.15) is 0 Å². The molecule has 0 radical (unpaired) electrons. The van der Waals surface area contributed by atoms with Gasteiger partial charge in [-0.3, -0.25) is 4.79 Å². The van der Waals surface area contributed by atoms with Crippen molar-refractivity contribution in [2.75, 3.05) is 19.8 Å². The molecule has 0 saturated heterocycles. The van der Waals surface area contributed by atoms with Crippen LogP contribution in [0, 0.1) is 0 Å². The zero-order valence-electron chi connectivity index (χ0n) is 10.6. The van der Waals surface area contributed by atoms with Crippen LogP contribution in [0.2, 0.25) is 0 Å². The fourth-order valence-electron chi connectivity index (χ4n) is 1.32. The molecule has 0 aromatic carbocycles. The van der Waals surface area contributed by atoms with E-state index in [2.05, 4.69) is 19.2 Å². The second kappa shape index (κ2) is 10.9. The highest BCUT2D eigenvalue weighted by Crippen LogP contribution is 1.97. The molecule has 0 bridgehead atoms. The molecule has 3 N–H and O–H groups in total. The standard InChI is InChI=1S/C12H26N2O2/c1-3-5-7-11(13)12(15)14-8-6-10-16-9-4-2/h11H,3-10,13H2,1-2H3,(H,14,15)/t11-/m0/s1. The molecule has 16 heavy (non-hydrogen) atoms. The second-order valence-corrected chi connectivity index (χ2v) is 4.01. The molecule has 1 atom stereocenters. The van der Waals surface area contributed by atoms with Gasteiger partial charge in [0, 0.05) is 19.8 Å². The van der Waals surface area contributed by atoms with Crippen LogP contribution in [-0.4, -0.2) is 31.7 Å². The smallest absolute Gasteiger partial charge is 0.236 e. The summed E-state index contributed by atoms with van der Waals surface area (Å²) in [6.45, 7) is 6.33. The summed E-state index contributed by atoms with van der Waals surface area (Å²) in [5.41, 5.74) is 5.72. The Hall–Kier alpha value is -0.610. The zero-order valence-corrected chi connectivity index (χ0v) is 10.6. The molecule has 0 rings (SSSR count). The number of carbonyl (C=O) groups excluding carboxylic acids is 1. The number of nitrogens with one attached hydrogen (secondary N) is 1. The maximum atomic E-state index is 11.5. The Bertz CT molecular complexity index is 174. The minimum atomic E-state index is -0.350. The first-order valence-corrected chi connectivity index (χ1v) is 6.33. The summed E-state index contributed by atoms with van der Waals surface area (Å²) in [4.78, 5) is 11.5. The molecule has 0 aliphatic rings. The van der Waals surface area contributed by atoms with Crippen LogP contribution in [0.5, 0.6) is 0 Å². The molecular weight excluding hydrogens is 204 g/mol. The Morgan fingerprint density at radius 2 is 2.00 bits per heavy atom. The number of carbonyl (C=O) groups is 1. The van der Waals surface area contributed by atoms with Crippen LogP contribution in [0.25, 0.3) is 0 Å². The third-order valence-corrected chi connectivity index (χ3v) is 2.32. The Morgan fingerprint density at radius 1 is 1.25 bits per heavy atom. The highest BCUT2D eigenvalue weighted by atomic mass is 16.5. The Kier molecular flexibility index (Phi) is 10.5. The lowest BCUT2D eigenvalue weighted by Crippen LogP contribution is -2.41. The summed E-state index contributed by atoms with van der Waals surface area (Å²) in [5, 5.41) is 2.82. The van der Waals surface area contributed by atoms with Crippen LogP contribution in [-0.2, 0) is 9.53 Å². The molecule has 4 heteroatoms. The van der Waals surface area contributed by atoms with Crippen molar-refractivity contribution < 1.29 is 9.53 Å². The number of nitrogens with two attached hydrogens (primary N) is 1. The highest BCUT2D eigenvalue weighted by Gasteiger charge is 2.11. The molecule has 96 valence electrons. The van der Waals surface area contributed by atoms with Gasteiger partial charge in [0.1, 0.15) is 0 Å². The number of unbranched alkanes of at least 4 members (excludes halogenated alkanes) is 1. The third-order valence-electron chi connectivity index (χ3n) is 2.32. The van der Waals surface area contributed by atoms with Gasteiger partial charge in [-0.1, -0.05) is 26.7 Å². The predicted octanol–water partition coefficient (Wildman–Crippen LogP) is 1.44. The third kappa shape index (κ3) is 8.68. The molecule has 0 heterocycles. The van der Waals surface area contributed by atoms with E-state index in [9.17, 15) is 4.79 Å². The van der Waals surface area contributed by atoms with Crippen molar-refractivity contribution in [1.29, 1.82) is 0 Å². The van der Waals surface area contributed by atoms with E-state index in [1.54, 1.807) is 0 Å². The van der Waals surface area contributed by atoms with Gasteiger partial charge in [-0.25, -0.2) is 0 Å². The van der Waals surface area contributed by atoms with E-state index in [-0.39, 0.29) is 11.9 Å². The van der Waals surface area contributed by atoms with Gasteiger partial charge in [0.05, 0.1) is 6.04 Å². The summed E-state index contributed by atoms with van der Waals surface area (Å²) in [5.74, 6) is -0.0380. The SMILES string of the molecule is CCCC[C@H](N)C(=O)NCCCOCCC. The van der Waals surface area contributed by atoms with Crippen LogP contribution in [0.4, 0.5) is 0 Å². The first-order valence-electron chi connectivity index (χ1n) is 6.33. The lowest BCUT2D eigenvalue weighted by atomic mass is 10.1. The summed E-state index contributed by atoms with van der Waals surface area (Å²) < 4.78 is 5.31. The lowest BCUT2D eigenvalue weighted by Gasteiger charge is -2.11. The summed E-state index contributed by atoms with van der Waals surface area (Å²) in [6.07, 6.45) is 4.75. The van der Waals surface area contributed by atoms with Gasteiger partial charge >= 0.3 is 0 Å². The molecule has 0 aromatic rings. The van der Waals surface area contributed by atoms with Gasteiger partial charge in [0.15, 0.2) is 0 Å². The van der Waals surface area contributed by atoms with E-state index in [0.29, 0.717) is 13.2 Å². The second-order valence-electron chi connectivity index (χ2n) is 4.01. The van der Waals surface area contributed by atoms with Crippen LogP contribution in [0.15, 0.2) is 0 Å². The number of ether oxygens (including phenoxy) is 1. The van der Waals surface area contributed by atoms with Gasteiger partial charge in [-0.15, -0.1) is 0 Å². The average Bonchev–Trinajstić information content (AvgIpc) is 2.30. The molecule has 0 saturated carbocycles. The van der Waals surface area contributed by atoms with Gasteiger partial charge < -0.3 is 15.8 Å². The molecular formula is C12H26N2O2. The molecule has 0 fully saturated rings. The number of rotatable bonds is 10. The normalized spacial score (nSPS) is 12.4. The van der Waals surface area contributed by atoms with Gasteiger partial charge in [0.25, 0.3) is 0 Å². The summed E-state index contributed by atoms with van der Waals surface area (Å²) >= 11 is 0. The number of hydrogen-bond acceptors (Lipinski definition) is 3. The van der Waals surface area contributed by atoms with E-state index in [4.69, 9.17) is 10.5 Å². The molecule has 0 spiro atoms. The highest BCUT2D eigenvalue weighted by molar-refractivity contribution is 5.81. The Labute approximate surface area is 98.9 Å². The summed E-state index contributed by atoms with van der Waals surface area (Å²) in [7, 11) is 0. The van der Waals surface area contributed by atoms with E-state index >= 15 is 0 Å².